The molecule has 1 N–H and O–H groups in total. The van der Waals surface area contributed by atoms with E-state index in [1.54, 1.807) is 7.11 Å². The molecule has 0 amide bonds. The van der Waals surface area contributed by atoms with Crippen LogP contribution in [0, 0.1) is 5.41 Å². The number of methoxy groups -OCH3 is 1. The van der Waals surface area contributed by atoms with Crippen molar-refractivity contribution in [3.05, 3.63) is 17.0 Å². The van der Waals surface area contributed by atoms with Crippen molar-refractivity contribution in [2.75, 3.05) is 20.3 Å². The quantitative estimate of drug-likeness (QED) is 0.665. The van der Waals surface area contributed by atoms with E-state index in [0.717, 1.165) is 43.3 Å². The molecule has 5 nitrogen and oxygen atoms in total. The van der Waals surface area contributed by atoms with E-state index in [9.17, 15) is 0 Å². The number of nitrogens with zero attached hydrogens (tertiary/aromatic N) is 2. The molecule has 2 rings (SSSR count). The third-order valence-electron chi connectivity index (χ3n) is 2.96. The highest BCUT2D eigenvalue weighted by molar-refractivity contribution is 7.93. The van der Waals surface area contributed by atoms with Crippen molar-refractivity contribution in [1.82, 2.24) is 15.3 Å². The summed E-state index contributed by atoms with van der Waals surface area (Å²) in [7, 11) is 1.60. The van der Waals surface area contributed by atoms with Gasteiger partial charge in [-0.1, -0.05) is 20.8 Å². The van der Waals surface area contributed by atoms with Crippen LogP contribution in [0.2, 0.25) is 0 Å². The van der Waals surface area contributed by atoms with Crippen molar-refractivity contribution in [2.24, 2.45) is 5.41 Å². The highest BCUT2D eigenvalue weighted by atomic mass is 32.2. The van der Waals surface area contributed by atoms with E-state index in [-0.39, 0.29) is 5.41 Å². The topological polar surface area (TPSA) is 56.3 Å². The van der Waals surface area contributed by atoms with Gasteiger partial charge in [-0.2, -0.15) is 9.97 Å². The molecule has 1 aliphatic rings. The minimum Gasteiger partial charge on any atom is -0.467 e. The average molecular weight is 297 g/mol. The fourth-order valence-electron chi connectivity index (χ4n) is 1.94. The van der Waals surface area contributed by atoms with Crippen LogP contribution < -0.4 is 10.1 Å². The Labute approximate surface area is 125 Å². The number of fused-ring (bicyclic) bond motifs is 1. The molecule has 0 spiro atoms. The maximum atomic E-state index is 5.67. The zero-order valence-corrected chi connectivity index (χ0v) is 13.5. The summed E-state index contributed by atoms with van der Waals surface area (Å²) in [5.74, 6) is 0.733. The van der Waals surface area contributed by atoms with Gasteiger partial charge in [-0.3, -0.25) is 0 Å². The molecule has 20 heavy (non-hydrogen) atoms. The molecule has 0 radical (unpaired) electrons. The van der Waals surface area contributed by atoms with Gasteiger partial charge < -0.3 is 14.2 Å². The Balaban J connectivity index is 2.02. The summed E-state index contributed by atoms with van der Waals surface area (Å²) >= 11 is 1.46. The van der Waals surface area contributed by atoms with Crippen LogP contribution in [0.5, 0.6) is 6.01 Å². The van der Waals surface area contributed by atoms with Gasteiger partial charge in [0.25, 0.3) is 0 Å². The number of rotatable bonds is 5. The lowest BCUT2D eigenvalue weighted by Gasteiger charge is -2.20. The Morgan fingerprint density at radius 3 is 2.80 bits per heavy atom. The van der Waals surface area contributed by atoms with Crippen molar-refractivity contribution in [2.45, 2.75) is 39.5 Å². The SMILES string of the molecule is COc1nc2c(c(CSOCC(C)(C)C)n1)CCNC2. The number of hydrogen-bond acceptors (Lipinski definition) is 6. The molecular weight excluding hydrogens is 274 g/mol. The highest BCUT2D eigenvalue weighted by Gasteiger charge is 2.18. The lowest BCUT2D eigenvalue weighted by molar-refractivity contribution is 0.227. The van der Waals surface area contributed by atoms with Gasteiger partial charge in [0.15, 0.2) is 0 Å². The fraction of sp³-hybridized carbons (Fsp3) is 0.714. The summed E-state index contributed by atoms with van der Waals surface area (Å²) < 4.78 is 10.8. The number of hydrogen-bond donors (Lipinski definition) is 1. The number of aromatic nitrogens is 2. The smallest absolute Gasteiger partial charge is 0.316 e. The summed E-state index contributed by atoms with van der Waals surface area (Å²) in [5.41, 5.74) is 3.51. The van der Waals surface area contributed by atoms with Gasteiger partial charge in [-0.25, -0.2) is 0 Å². The fourth-order valence-corrected chi connectivity index (χ4v) is 2.81. The Morgan fingerprint density at radius 2 is 2.10 bits per heavy atom. The number of nitrogens with one attached hydrogen (secondary N) is 1. The van der Waals surface area contributed by atoms with Crippen LogP contribution in [-0.2, 0) is 22.9 Å². The number of ether oxygens (including phenoxy) is 1. The van der Waals surface area contributed by atoms with Crippen LogP contribution in [-0.4, -0.2) is 30.2 Å². The van der Waals surface area contributed by atoms with Crippen LogP contribution in [0.1, 0.15) is 37.7 Å². The molecule has 0 atom stereocenters. The van der Waals surface area contributed by atoms with Crippen molar-refractivity contribution in [3.8, 4) is 6.01 Å². The summed E-state index contributed by atoms with van der Waals surface area (Å²) in [4.78, 5) is 8.89. The second-order valence-electron chi connectivity index (χ2n) is 6.09. The summed E-state index contributed by atoms with van der Waals surface area (Å²) in [5, 5.41) is 3.32. The van der Waals surface area contributed by atoms with Crippen molar-refractivity contribution < 1.29 is 8.92 Å². The molecule has 0 aliphatic carbocycles. The summed E-state index contributed by atoms with van der Waals surface area (Å²) in [6.45, 7) is 8.97. The average Bonchev–Trinajstić information content (AvgIpc) is 2.42. The van der Waals surface area contributed by atoms with Gasteiger partial charge in [0.05, 0.1) is 30.9 Å². The Kier molecular flexibility index (Phi) is 5.23. The van der Waals surface area contributed by atoms with Crippen LogP contribution in [0.25, 0.3) is 0 Å². The lowest BCUT2D eigenvalue weighted by Crippen LogP contribution is -2.26. The minimum absolute atomic E-state index is 0.180. The molecule has 0 aromatic carbocycles. The summed E-state index contributed by atoms with van der Waals surface area (Å²) in [6.07, 6.45) is 0.967. The van der Waals surface area contributed by atoms with Gasteiger partial charge in [0.1, 0.15) is 0 Å². The molecule has 2 heterocycles. The molecular formula is C14H23N3O2S. The zero-order chi connectivity index (χ0) is 14.6. The maximum Gasteiger partial charge on any atom is 0.316 e. The Morgan fingerprint density at radius 1 is 1.30 bits per heavy atom. The normalized spacial score (nSPS) is 15.0. The van der Waals surface area contributed by atoms with E-state index in [4.69, 9.17) is 8.92 Å². The van der Waals surface area contributed by atoms with Crippen LogP contribution in [0.4, 0.5) is 0 Å². The predicted octanol–water partition coefficient (Wildman–Crippen LogP) is 2.34. The third-order valence-corrected chi connectivity index (χ3v) is 3.63. The zero-order valence-electron chi connectivity index (χ0n) is 12.7. The molecule has 0 unspecified atom stereocenters. The molecule has 1 aliphatic heterocycles. The largest absolute Gasteiger partial charge is 0.467 e. The third kappa shape index (κ3) is 4.33. The standard InChI is InChI=1S/C14H23N3O2S/c1-14(2,3)9-19-20-8-12-10-5-6-15-7-11(10)16-13(17-12)18-4/h15H,5-9H2,1-4H3. The van der Waals surface area contributed by atoms with Crippen molar-refractivity contribution in [3.63, 3.8) is 0 Å². The molecule has 1 aromatic heterocycles. The van der Waals surface area contributed by atoms with Gasteiger partial charge in [-0.05, 0) is 36.0 Å². The van der Waals surface area contributed by atoms with Crippen LogP contribution in [0.15, 0.2) is 0 Å². The Bertz CT molecular complexity index is 460. The lowest BCUT2D eigenvalue weighted by atomic mass is 9.99. The van der Waals surface area contributed by atoms with E-state index >= 15 is 0 Å². The molecule has 1 aromatic rings. The van der Waals surface area contributed by atoms with Crippen molar-refractivity contribution >= 4 is 12.0 Å². The molecule has 0 bridgehead atoms. The van der Waals surface area contributed by atoms with Gasteiger partial charge >= 0.3 is 6.01 Å². The monoisotopic (exact) mass is 297 g/mol. The van der Waals surface area contributed by atoms with Crippen LogP contribution >= 0.6 is 12.0 Å². The molecule has 112 valence electrons. The maximum absolute atomic E-state index is 5.67. The van der Waals surface area contributed by atoms with E-state index in [2.05, 4.69) is 36.1 Å². The van der Waals surface area contributed by atoms with E-state index in [1.165, 1.54) is 17.6 Å². The first-order valence-electron chi connectivity index (χ1n) is 6.87. The molecule has 0 fully saturated rings. The van der Waals surface area contributed by atoms with Gasteiger partial charge in [-0.15, -0.1) is 0 Å². The second kappa shape index (κ2) is 6.74. The Hall–Kier alpha value is -0.850. The van der Waals surface area contributed by atoms with Gasteiger partial charge in [0, 0.05) is 6.54 Å². The predicted molar refractivity (Wildman–Crippen MR) is 80.7 cm³/mol. The first kappa shape index (κ1) is 15.5. The first-order valence-corrected chi connectivity index (χ1v) is 7.78. The molecule has 0 saturated carbocycles. The highest BCUT2D eigenvalue weighted by Crippen LogP contribution is 2.24. The van der Waals surface area contributed by atoms with E-state index in [1.807, 2.05) is 0 Å². The second-order valence-corrected chi connectivity index (χ2v) is 6.85. The molecule has 0 saturated heterocycles. The van der Waals surface area contributed by atoms with Crippen molar-refractivity contribution in [1.29, 1.82) is 0 Å². The first-order chi connectivity index (χ1) is 9.49. The minimum atomic E-state index is 0.180. The molecule has 6 heteroatoms. The van der Waals surface area contributed by atoms with Gasteiger partial charge in [0.2, 0.25) is 0 Å². The van der Waals surface area contributed by atoms with E-state index in [0.29, 0.717) is 6.01 Å². The van der Waals surface area contributed by atoms with Crippen LogP contribution in [0.3, 0.4) is 0 Å². The summed E-state index contributed by atoms with van der Waals surface area (Å²) in [6, 6.07) is 0.443. The van der Waals surface area contributed by atoms with E-state index < -0.39 is 0 Å².